The Bertz CT molecular complexity index is 391. The second-order valence-corrected chi connectivity index (χ2v) is 4.43. The molecular weight excluding hydrogens is 226 g/mol. The van der Waals surface area contributed by atoms with Crippen molar-refractivity contribution in [3.63, 3.8) is 0 Å². The van der Waals surface area contributed by atoms with Crippen LogP contribution < -0.4 is 10.5 Å². The summed E-state index contributed by atoms with van der Waals surface area (Å²) in [6, 6.07) is 1.48. The first-order valence-corrected chi connectivity index (χ1v) is 5.55. The van der Waals surface area contributed by atoms with Crippen LogP contribution in [0.25, 0.3) is 0 Å². The zero-order chi connectivity index (χ0) is 12.5. The predicted molar refractivity (Wildman–Crippen MR) is 66.1 cm³/mol. The Morgan fingerprint density at radius 2 is 2.00 bits per heavy atom. The van der Waals surface area contributed by atoms with Crippen molar-refractivity contribution in [2.24, 2.45) is 5.73 Å². The molecule has 0 heterocycles. The van der Waals surface area contributed by atoms with Crippen LogP contribution in [0.1, 0.15) is 29.7 Å². The molecule has 0 spiro atoms. The molecule has 4 heteroatoms. The van der Waals surface area contributed by atoms with E-state index in [1.54, 1.807) is 14.0 Å². The lowest BCUT2D eigenvalue weighted by Gasteiger charge is -2.21. The Morgan fingerprint density at radius 3 is 2.44 bits per heavy atom. The SMILES string of the molecule is COc1cc(C)c(C(O)C(C)N)c(C)c1Cl. The molecule has 90 valence electrons. The Hall–Kier alpha value is -0.770. The summed E-state index contributed by atoms with van der Waals surface area (Å²) in [5, 5.41) is 10.6. The molecule has 0 saturated heterocycles. The van der Waals surface area contributed by atoms with E-state index in [0.29, 0.717) is 10.8 Å². The van der Waals surface area contributed by atoms with E-state index < -0.39 is 6.10 Å². The molecule has 0 radical (unpaired) electrons. The van der Waals surface area contributed by atoms with Gasteiger partial charge in [-0.05, 0) is 43.5 Å². The summed E-state index contributed by atoms with van der Waals surface area (Å²) in [5.74, 6) is 0.622. The Labute approximate surface area is 101 Å². The van der Waals surface area contributed by atoms with Crippen LogP contribution >= 0.6 is 11.6 Å². The number of aryl methyl sites for hydroxylation is 1. The average Bonchev–Trinajstić information content (AvgIpc) is 2.23. The van der Waals surface area contributed by atoms with Crippen molar-refractivity contribution in [2.75, 3.05) is 7.11 Å². The van der Waals surface area contributed by atoms with Gasteiger partial charge >= 0.3 is 0 Å². The molecule has 0 aliphatic carbocycles. The largest absolute Gasteiger partial charge is 0.495 e. The summed E-state index contributed by atoms with van der Waals surface area (Å²) in [5.41, 5.74) is 8.25. The number of hydrogen-bond acceptors (Lipinski definition) is 3. The van der Waals surface area contributed by atoms with Gasteiger partial charge in [-0.15, -0.1) is 0 Å². The summed E-state index contributed by atoms with van der Waals surface area (Å²) in [6.07, 6.45) is -0.705. The van der Waals surface area contributed by atoms with Gasteiger partial charge in [-0.1, -0.05) is 11.6 Å². The van der Waals surface area contributed by atoms with Crippen LogP contribution in [0.5, 0.6) is 5.75 Å². The molecule has 0 bridgehead atoms. The van der Waals surface area contributed by atoms with Gasteiger partial charge < -0.3 is 15.6 Å². The van der Waals surface area contributed by atoms with E-state index in [4.69, 9.17) is 22.1 Å². The molecule has 0 aliphatic rings. The highest BCUT2D eigenvalue weighted by atomic mass is 35.5. The van der Waals surface area contributed by atoms with E-state index >= 15 is 0 Å². The summed E-state index contributed by atoms with van der Waals surface area (Å²) in [7, 11) is 1.57. The van der Waals surface area contributed by atoms with E-state index in [1.807, 2.05) is 19.9 Å². The normalized spacial score (nSPS) is 14.7. The van der Waals surface area contributed by atoms with Crippen molar-refractivity contribution < 1.29 is 9.84 Å². The second-order valence-electron chi connectivity index (χ2n) is 4.05. The lowest BCUT2D eigenvalue weighted by atomic mass is 9.94. The number of hydrogen-bond donors (Lipinski definition) is 2. The number of aliphatic hydroxyl groups excluding tert-OH is 1. The van der Waals surface area contributed by atoms with Gasteiger partial charge in [0.05, 0.1) is 18.2 Å². The summed E-state index contributed by atoms with van der Waals surface area (Å²) in [4.78, 5) is 0. The maximum atomic E-state index is 10.0. The summed E-state index contributed by atoms with van der Waals surface area (Å²) >= 11 is 6.14. The molecular formula is C12H18ClNO2. The van der Waals surface area contributed by atoms with Crippen molar-refractivity contribution >= 4 is 11.6 Å². The van der Waals surface area contributed by atoms with Crippen LogP contribution in [0.2, 0.25) is 5.02 Å². The minimum Gasteiger partial charge on any atom is -0.495 e. The molecule has 0 aliphatic heterocycles. The van der Waals surface area contributed by atoms with Crippen LogP contribution in [-0.4, -0.2) is 18.3 Å². The number of rotatable bonds is 3. The predicted octanol–water partition coefficient (Wildman–Crippen LogP) is 2.35. The van der Waals surface area contributed by atoms with Gasteiger partial charge in [0, 0.05) is 6.04 Å². The van der Waals surface area contributed by atoms with Crippen LogP contribution in [-0.2, 0) is 0 Å². The van der Waals surface area contributed by atoms with E-state index in [9.17, 15) is 5.11 Å². The van der Waals surface area contributed by atoms with Gasteiger partial charge in [0.15, 0.2) is 0 Å². The third-order valence-corrected chi connectivity index (χ3v) is 3.21. The highest BCUT2D eigenvalue weighted by Crippen LogP contribution is 2.35. The first kappa shape index (κ1) is 13.3. The molecule has 1 aromatic rings. The minimum absolute atomic E-state index is 0.332. The van der Waals surface area contributed by atoms with Gasteiger partial charge in [-0.2, -0.15) is 0 Å². The molecule has 0 saturated carbocycles. The highest BCUT2D eigenvalue weighted by molar-refractivity contribution is 6.33. The molecule has 2 unspecified atom stereocenters. The fourth-order valence-corrected chi connectivity index (χ4v) is 2.04. The molecule has 3 N–H and O–H groups in total. The Balaban J connectivity index is 3.36. The molecule has 0 fully saturated rings. The Morgan fingerprint density at radius 1 is 1.44 bits per heavy atom. The molecule has 3 nitrogen and oxygen atoms in total. The van der Waals surface area contributed by atoms with Crippen LogP contribution in [0.4, 0.5) is 0 Å². The third kappa shape index (κ3) is 2.32. The quantitative estimate of drug-likeness (QED) is 0.857. The van der Waals surface area contributed by atoms with E-state index in [0.717, 1.165) is 16.7 Å². The third-order valence-electron chi connectivity index (χ3n) is 2.74. The summed E-state index contributed by atoms with van der Waals surface area (Å²) in [6.45, 7) is 5.53. The van der Waals surface area contributed by atoms with Crippen LogP contribution in [0.15, 0.2) is 6.07 Å². The molecule has 1 aromatic carbocycles. The molecule has 16 heavy (non-hydrogen) atoms. The number of benzene rings is 1. The molecule has 0 aromatic heterocycles. The van der Waals surface area contributed by atoms with Gasteiger partial charge in [0.25, 0.3) is 0 Å². The number of halogens is 1. The molecule has 2 atom stereocenters. The van der Waals surface area contributed by atoms with E-state index in [1.165, 1.54) is 0 Å². The van der Waals surface area contributed by atoms with Gasteiger partial charge in [-0.25, -0.2) is 0 Å². The number of aliphatic hydroxyl groups is 1. The lowest BCUT2D eigenvalue weighted by molar-refractivity contribution is 0.152. The zero-order valence-corrected chi connectivity index (χ0v) is 10.8. The standard InChI is InChI=1S/C12H18ClNO2/c1-6-5-9(16-4)11(13)7(2)10(6)12(15)8(3)14/h5,8,12,15H,14H2,1-4H3. The maximum absolute atomic E-state index is 10.0. The van der Waals surface area contributed by atoms with Gasteiger partial charge in [0.1, 0.15) is 5.75 Å². The maximum Gasteiger partial charge on any atom is 0.138 e. The van der Waals surface area contributed by atoms with Crippen molar-refractivity contribution in [3.8, 4) is 5.75 Å². The number of methoxy groups -OCH3 is 1. The highest BCUT2D eigenvalue weighted by Gasteiger charge is 2.20. The average molecular weight is 244 g/mol. The van der Waals surface area contributed by atoms with Crippen LogP contribution in [0, 0.1) is 13.8 Å². The van der Waals surface area contributed by atoms with Crippen LogP contribution in [0.3, 0.4) is 0 Å². The van der Waals surface area contributed by atoms with Crippen molar-refractivity contribution in [1.82, 2.24) is 0 Å². The van der Waals surface area contributed by atoms with Crippen molar-refractivity contribution in [3.05, 3.63) is 27.8 Å². The van der Waals surface area contributed by atoms with Crippen molar-refractivity contribution in [2.45, 2.75) is 32.9 Å². The van der Waals surface area contributed by atoms with E-state index in [-0.39, 0.29) is 6.04 Å². The number of ether oxygens (including phenoxy) is 1. The lowest BCUT2D eigenvalue weighted by Crippen LogP contribution is -2.25. The molecule has 0 amide bonds. The molecule has 1 rings (SSSR count). The van der Waals surface area contributed by atoms with Crippen molar-refractivity contribution in [1.29, 1.82) is 0 Å². The fourth-order valence-electron chi connectivity index (χ4n) is 1.80. The number of nitrogens with two attached hydrogens (primary N) is 1. The second kappa shape index (κ2) is 5.04. The topological polar surface area (TPSA) is 55.5 Å². The first-order chi connectivity index (χ1) is 7.40. The smallest absolute Gasteiger partial charge is 0.138 e. The fraction of sp³-hybridized carbons (Fsp3) is 0.500. The summed E-state index contributed by atoms with van der Waals surface area (Å²) < 4.78 is 5.16. The van der Waals surface area contributed by atoms with Gasteiger partial charge in [0.2, 0.25) is 0 Å². The zero-order valence-electron chi connectivity index (χ0n) is 10.0. The van der Waals surface area contributed by atoms with E-state index in [2.05, 4.69) is 0 Å². The Kier molecular flexibility index (Phi) is 4.19. The first-order valence-electron chi connectivity index (χ1n) is 5.17. The minimum atomic E-state index is -0.705. The monoisotopic (exact) mass is 243 g/mol. The van der Waals surface area contributed by atoms with Gasteiger partial charge in [-0.3, -0.25) is 0 Å².